The van der Waals surface area contributed by atoms with Crippen LogP contribution in [0.5, 0.6) is 0 Å². The van der Waals surface area contributed by atoms with Gasteiger partial charge >= 0.3 is 6.09 Å². The Hall–Kier alpha value is -1.98. The van der Waals surface area contributed by atoms with Crippen molar-refractivity contribution in [2.45, 2.75) is 0 Å². The SMILES string of the molecule is O=Cc1c(F)ccc(NC(=O)O)c1F. The lowest BCUT2D eigenvalue weighted by Crippen LogP contribution is -2.10. The van der Waals surface area contributed by atoms with Crippen LogP contribution in [-0.4, -0.2) is 17.5 Å². The number of amides is 1. The molecule has 0 atom stereocenters. The van der Waals surface area contributed by atoms with Crippen LogP contribution in [-0.2, 0) is 0 Å². The quantitative estimate of drug-likeness (QED) is 0.717. The molecule has 0 radical (unpaired) electrons. The van der Waals surface area contributed by atoms with Gasteiger partial charge in [0.15, 0.2) is 12.1 Å². The first kappa shape index (κ1) is 10.1. The van der Waals surface area contributed by atoms with Crippen molar-refractivity contribution in [1.29, 1.82) is 0 Å². The van der Waals surface area contributed by atoms with Gasteiger partial charge in [-0.1, -0.05) is 0 Å². The molecule has 0 aliphatic rings. The predicted octanol–water partition coefficient (Wildman–Crippen LogP) is 1.87. The van der Waals surface area contributed by atoms with E-state index in [0.29, 0.717) is 0 Å². The van der Waals surface area contributed by atoms with Gasteiger partial charge in [-0.05, 0) is 12.1 Å². The second-order valence-corrected chi connectivity index (χ2v) is 2.37. The number of anilines is 1. The third-order valence-electron chi connectivity index (χ3n) is 1.49. The Kier molecular flexibility index (Phi) is 2.76. The van der Waals surface area contributed by atoms with Gasteiger partial charge in [-0.25, -0.2) is 13.6 Å². The number of benzene rings is 1. The van der Waals surface area contributed by atoms with E-state index in [1.165, 1.54) is 0 Å². The minimum absolute atomic E-state index is 0.0162. The highest BCUT2D eigenvalue weighted by Crippen LogP contribution is 2.19. The molecule has 0 saturated heterocycles. The Morgan fingerprint density at radius 1 is 1.43 bits per heavy atom. The third-order valence-corrected chi connectivity index (χ3v) is 1.49. The van der Waals surface area contributed by atoms with Crippen molar-refractivity contribution in [3.63, 3.8) is 0 Å². The molecule has 0 bridgehead atoms. The van der Waals surface area contributed by atoms with Crippen molar-refractivity contribution in [3.05, 3.63) is 29.3 Å². The summed E-state index contributed by atoms with van der Waals surface area (Å²) in [6, 6.07) is 1.70. The number of carbonyl (C=O) groups is 2. The van der Waals surface area contributed by atoms with Crippen LogP contribution in [0.3, 0.4) is 0 Å². The lowest BCUT2D eigenvalue weighted by molar-refractivity contribution is 0.111. The molecule has 0 fully saturated rings. The number of hydrogen-bond acceptors (Lipinski definition) is 2. The lowest BCUT2D eigenvalue weighted by Gasteiger charge is -2.04. The molecule has 14 heavy (non-hydrogen) atoms. The smallest absolute Gasteiger partial charge is 0.409 e. The van der Waals surface area contributed by atoms with Crippen LogP contribution >= 0.6 is 0 Å². The topological polar surface area (TPSA) is 66.4 Å². The van der Waals surface area contributed by atoms with Crippen molar-refractivity contribution in [1.82, 2.24) is 0 Å². The number of carbonyl (C=O) groups excluding carboxylic acids is 1. The number of carboxylic acid groups (broad SMARTS) is 1. The summed E-state index contributed by atoms with van der Waals surface area (Å²) in [5, 5.41) is 9.96. The Bertz CT molecular complexity index is 392. The lowest BCUT2D eigenvalue weighted by atomic mass is 10.2. The summed E-state index contributed by atoms with van der Waals surface area (Å²) >= 11 is 0. The molecule has 0 saturated carbocycles. The van der Waals surface area contributed by atoms with Gasteiger partial charge in [0.05, 0.1) is 11.3 Å². The van der Waals surface area contributed by atoms with Gasteiger partial charge < -0.3 is 5.11 Å². The summed E-state index contributed by atoms with van der Waals surface area (Å²) in [6.45, 7) is 0. The molecule has 0 heterocycles. The highest BCUT2D eigenvalue weighted by atomic mass is 19.1. The second kappa shape index (κ2) is 3.82. The first-order chi connectivity index (χ1) is 6.56. The third kappa shape index (κ3) is 1.85. The summed E-state index contributed by atoms with van der Waals surface area (Å²) in [5.74, 6) is -2.25. The van der Waals surface area contributed by atoms with Crippen LogP contribution in [0.4, 0.5) is 19.3 Å². The number of rotatable bonds is 2. The molecule has 0 aliphatic heterocycles. The molecule has 2 N–H and O–H groups in total. The van der Waals surface area contributed by atoms with E-state index in [4.69, 9.17) is 5.11 Å². The van der Waals surface area contributed by atoms with Gasteiger partial charge in [-0.2, -0.15) is 0 Å². The Labute approximate surface area is 77.2 Å². The molecule has 1 aromatic carbocycles. The number of halogens is 2. The average Bonchev–Trinajstić information content (AvgIpc) is 2.10. The van der Waals surface area contributed by atoms with Crippen molar-refractivity contribution in [3.8, 4) is 0 Å². The van der Waals surface area contributed by atoms with Gasteiger partial charge in [0.2, 0.25) is 0 Å². The monoisotopic (exact) mass is 201 g/mol. The van der Waals surface area contributed by atoms with Crippen molar-refractivity contribution in [2.75, 3.05) is 5.32 Å². The first-order valence-corrected chi connectivity index (χ1v) is 3.49. The van der Waals surface area contributed by atoms with Crippen molar-refractivity contribution < 1.29 is 23.5 Å². The summed E-state index contributed by atoms with van der Waals surface area (Å²) in [7, 11) is 0. The minimum Gasteiger partial charge on any atom is -0.465 e. The van der Waals surface area contributed by atoms with E-state index < -0.39 is 29.0 Å². The zero-order valence-electron chi connectivity index (χ0n) is 6.75. The fraction of sp³-hybridized carbons (Fsp3) is 0. The summed E-state index contributed by atoms with van der Waals surface area (Å²) in [5.41, 5.74) is -1.25. The van der Waals surface area contributed by atoms with Gasteiger partial charge in [0.25, 0.3) is 0 Å². The highest BCUT2D eigenvalue weighted by Gasteiger charge is 2.13. The summed E-state index contributed by atoms with van der Waals surface area (Å²) < 4.78 is 25.8. The van der Waals surface area contributed by atoms with E-state index >= 15 is 0 Å². The van der Waals surface area contributed by atoms with E-state index in [2.05, 4.69) is 0 Å². The van der Waals surface area contributed by atoms with Gasteiger partial charge in [0.1, 0.15) is 5.82 Å². The van der Waals surface area contributed by atoms with Gasteiger partial charge in [-0.15, -0.1) is 0 Å². The van der Waals surface area contributed by atoms with Crippen LogP contribution < -0.4 is 5.32 Å². The predicted molar refractivity (Wildman–Crippen MR) is 43.4 cm³/mol. The maximum Gasteiger partial charge on any atom is 0.409 e. The molecule has 74 valence electrons. The van der Waals surface area contributed by atoms with E-state index in [-0.39, 0.29) is 6.29 Å². The van der Waals surface area contributed by atoms with E-state index in [1.807, 2.05) is 0 Å². The normalized spacial score (nSPS) is 9.57. The van der Waals surface area contributed by atoms with Gasteiger partial charge in [-0.3, -0.25) is 10.1 Å². The zero-order valence-corrected chi connectivity index (χ0v) is 6.75. The molecule has 4 nitrogen and oxygen atoms in total. The molecule has 1 amide bonds. The maximum atomic E-state index is 13.1. The fourth-order valence-electron chi connectivity index (χ4n) is 0.889. The Morgan fingerprint density at radius 2 is 2.07 bits per heavy atom. The van der Waals surface area contributed by atoms with E-state index in [0.717, 1.165) is 12.1 Å². The molecule has 0 aromatic heterocycles. The van der Waals surface area contributed by atoms with E-state index in [1.54, 1.807) is 5.32 Å². The summed E-state index contributed by atoms with van der Waals surface area (Å²) in [4.78, 5) is 20.4. The molecular weight excluding hydrogens is 196 g/mol. The molecular formula is C8H5F2NO3. The number of nitrogens with one attached hydrogen (secondary N) is 1. The molecule has 0 spiro atoms. The fourth-order valence-corrected chi connectivity index (χ4v) is 0.889. The van der Waals surface area contributed by atoms with Crippen molar-refractivity contribution >= 4 is 18.1 Å². The first-order valence-electron chi connectivity index (χ1n) is 3.49. The van der Waals surface area contributed by atoms with Crippen LogP contribution in [0.2, 0.25) is 0 Å². The highest BCUT2D eigenvalue weighted by molar-refractivity contribution is 5.86. The minimum atomic E-state index is -1.49. The van der Waals surface area contributed by atoms with Crippen LogP contribution in [0, 0.1) is 11.6 Å². The number of aldehydes is 1. The largest absolute Gasteiger partial charge is 0.465 e. The van der Waals surface area contributed by atoms with Crippen molar-refractivity contribution in [2.24, 2.45) is 0 Å². The van der Waals surface area contributed by atoms with Crippen LogP contribution in [0.1, 0.15) is 10.4 Å². The summed E-state index contributed by atoms with van der Waals surface area (Å²) in [6.07, 6.45) is -1.51. The average molecular weight is 201 g/mol. The van der Waals surface area contributed by atoms with Crippen LogP contribution in [0.25, 0.3) is 0 Å². The Morgan fingerprint density at radius 3 is 2.57 bits per heavy atom. The van der Waals surface area contributed by atoms with E-state index in [9.17, 15) is 18.4 Å². The standard InChI is InChI=1S/C8H5F2NO3/c9-5-1-2-6(11-8(13)14)7(10)4(5)3-12/h1-3,11H,(H,13,14). The molecule has 1 aromatic rings. The maximum absolute atomic E-state index is 13.1. The molecule has 0 unspecified atom stereocenters. The number of hydrogen-bond donors (Lipinski definition) is 2. The molecule has 1 rings (SSSR count). The second-order valence-electron chi connectivity index (χ2n) is 2.37. The van der Waals surface area contributed by atoms with Crippen LogP contribution in [0.15, 0.2) is 12.1 Å². The van der Waals surface area contributed by atoms with Gasteiger partial charge in [0, 0.05) is 0 Å². The Balaban J connectivity index is 3.20. The zero-order chi connectivity index (χ0) is 10.7. The molecule has 0 aliphatic carbocycles. The molecule has 6 heteroatoms.